The molecular weight excluding hydrogens is 312 g/mol. The molecule has 0 saturated heterocycles. The molecule has 0 aliphatic heterocycles. The largest absolute Gasteiger partial charge is 0.437 e. The number of nitrogens with one attached hydrogen (secondary N) is 1. The van der Waals surface area contributed by atoms with Crippen LogP contribution in [0.15, 0.2) is 51.6 Å². The first kappa shape index (κ1) is 15.5. The normalized spacial score (nSPS) is 14.2. The van der Waals surface area contributed by atoms with Gasteiger partial charge in [-0.15, -0.1) is 0 Å². The van der Waals surface area contributed by atoms with Gasteiger partial charge in [0.05, 0.1) is 6.54 Å². The molecule has 3 aromatic rings. The molecule has 6 heteroatoms. The van der Waals surface area contributed by atoms with Gasteiger partial charge in [-0.3, -0.25) is 4.79 Å². The molecule has 1 atom stereocenters. The summed E-state index contributed by atoms with van der Waals surface area (Å²) < 4.78 is 5.50. The zero-order valence-corrected chi connectivity index (χ0v) is 13.3. The summed E-state index contributed by atoms with van der Waals surface area (Å²) >= 11 is 1.50. The molecule has 1 amide bonds. The monoisotopic (exact) mass is 328 g/mol. The van der Waals surface area contributed by atoms with Crippen molar-refractivity contribution in [1.29, 1.82) is 0 Å². The van der Waals surface area contributed by atoms with Crippen LogP contribution in [0.4, 0.5) is 0 Å². The Morgan fingerprint density at radius 1 is 1.43 bits per heavy atom. The fraction of sp³-hybridized carbons (Fsp3) is 0.176. The molecule has 0 bridgehead atoms. The number of aliphatic hydroxyl groups is 1. The van der Waals surface area contributed by atoms with Crippen LogP contribution in [0.25, 0.3) is 17.2 Å². The summed E-state index contributed by atoms with van der Waals surface area (Å²) in [4.78, 5) is 16.1. The van der Waals surface area contributed by atoms with Gasteiger partial charge >= 0.3 is 0 Å². The minimum Gasteiger partial charge on any atom is -0.437 e. The summed E-state index contributed by atoms with van der Waals surface area (Å²) in [5.74, 6) is 0.0497. The van der Waals surface area contributed by atoms with Crippen LogP contribution in [0.3, 0.4) is 0 Å². The Hall–Kier alpha value is -2.44. The number of rotatable bonds is 5. The van der Waals surface area contributed by atoms with Gasteiger partial charge in [-0.05, 0) is 41.4 Å². The van der Waals surface area contributed by atoms with E-state index >= 15 is 0 Å². The van der Waals surface area contributed by atoms with E-state index in [1.165, 1.54) is 23.5 Å². The number of fused-ring (bicyclic) bond motifs is 1. The minimum absolute atomic E-state index is 0.125. The van der Waals surface area contributed by atoms with Crippen molar-refractivity contribution in [3.63, 3.8) is 0 Å². The molecule has 2 heterocycles. The lowest BCUT2D eigenvalue weighted by molar-refractivity contribution is -0.117. The smallest absolute Gasteiger partial charge is 0.244 e. The summed E-state index contributed by atoms with van der Waals surface area (Å²) in [6.07, 6.45) is 2.85. The van der Waals surface area contributed by atoms with Crippen LogP contribution in [-0.4, -0.2) is 22.5 Å². The maximum atomic E-state index is 11.9. The molecule has 2 aromatic heterocycles. The van der Waals surface area contributed by atoms with Crippen LogP contribution in [0.2, 0.25) is 0 Å². The van der Waals surface area contributed by atoms with Crippen LogP contribution in [0.1, 0.15) is 18.4 Å². The first-order valence-electron chi connectivity index (χ1n) is 7.11. The number of hydrogen-bond acceptors (Lipinski definition) is 5. The van der Waals surface area contributed by atoms with Gasteiger partial charge in [0, 0.05) is 12.2 Å². The predicted molar refractivity (Wildman–Crippen MR) is 89.9 cm³/mol. The van der Waals surface area contributed by atoms with Crippen molar-refractivity contribution in [2.75, 3.05) is 6.54 Å². The fourth-order valence-electron chi connectivity index (χ4n) is 2.10. The first-order valence-corrected chi connectivity index (χ1v) is 8.05. The zero-order valence-electron chi connectivity index (χ0n) is 12.5. The summed E-state index contributed by atoms with van der Waals surface area (Å²) in [5, 5.41) is 16.8. The summed E-state index contributed by atoms with van der Waals surface area (Å²) in [6, 6.07) is 9.23. The van der Waals surface area contributed by atoms with Gasteiger partial charge in [0.15, 0.2) is 5.58 Å². The number of para-hydroxylation sites is 2. The summed E-state index contributed by atoms with van der Waals surface area (Å²) in [6.45, 7) is 1.79. The van der Waals surface area contributed by atoms with Gasteiger partial charge < -0.3 is 14.8 Å². The molecule has 0 spiro atoms. The van der Waals surface area contributed by atoms with Crippen molar-refractivity contribution in [2.45, 2.75) is 12.5 Å². The van der Waals surface area contributed by atoms with Crippen molar-refractivity contribution in [3.8, 4) is 0 Å². The Balaban J connectivity index is 1.60. The van der Waals surface area contributed by atoms with Crippen LogP contribution in [-0.2, 0) is 10.4 Å². The molecule has 0 aliphatic rings. The van der Waals surface area contributed by atoms with E-state index in [0.717, 1.165) is 11.1 Å². The van der Waals surface area contributed by atoms with E-state index in [-0.39, 0.29) is 12.5 Å². The van der Waals surface area contributed by atoms with Crippen molar-refractivity contribution < 1.29 is 14.3 Å². The van der Waals surface area contributed by atoms with Gasteiger partial charge in [-0.2, -0.15) is 11.3 Å². The second kappa shape index (κ2) is 6.36. The van der Waals surface area contributed by atoms with Gasteiger partial charge in [-0.25, -0.2) is 4.98 Å². The second-order valence-corrected chi connectivity index (χ2v) is 6.14. The second-order valence-electron chi connectivity index (χ2n) is 5.36. The minimum atomic E-state index is -1.10. The topological polar surface area (TPSA) is 75.4 Å². The van der Waals surface area contributed by atoms with Gasteiger partial charge in [-0.1, -0.05) is 12.1 Å². The number of benzene rings is 1. The summed E-state index contributed by atoms with van der Waals surface area (Å²) in [5.41, 5.74) is 1.10. The molecule has 0 radical (unpaired) electrons. The molecule has 5 nitrogen and oxygen atoms in total. The quantitative estimate of drug-likeness (QED) is 0.706. The Labute approximate surface area is 137 Å². The molecule has 0 fully saturated rings. The van der Waals surface area contributed by atoms with E-state index in [1.807, 2.05) is 41.1 Å². The highest BCUT2D eigenvalue weighted by molar-refractivity contribution is 7.08. The highest BCUT2D eigenvalue weighted by Gasteiger charge is 2.23. The lowest BCUT2D eigenvalue weighted by Crippen LogP contribution is -2.37. The number of carbonyl (C=O) groups excluding carboxylic acids is 1. The van der Waals surface area contributed by atoms with Crippen molar-refractivity contribution in [2.24, 2.45) is 0 Å². The van der Waals surface area contributed by atoms with E-state index in [9.17, 15) is 9.90 Å². The molecule has 1 unspecified atom stereocenters. The zero-order chi connectivity index (χ0) is 16.3. The molecule has 0 saturated carbocycles. The molecule has 0 aliphatic carbocycles. The van der Waals surface area contributed by atoms with Crippen LogP contribution >= 0.6 is 11.3 Å². The average molecular weight is 328 g/mol. The molecule has 2 N–H and O–H groups in total. The predicted octanol–water partition coefficient (Wildman–Crippen LogP) is 2.93. The SMILES string of the molecule is CC(O)(CNC(=O)C=Cc1nc2ccccc2o1)c1ccsc1. The van der Waals surface area contributed by atoms with Crippen molar-refractivity contribution >= 4 is 34.4 Å². The number of hydrogen-bond donors (Lipinski definition) is 2. The standard InChI is InChI=1S/C17H16N2O3S/c1-17(21,12-8-9-23-10-12)11-18-15(20)6-7-16-19-13-4-2-3-5-14(13)22-16/h2-10,21H,11H2,1H3,(H,18,20). The van der Waals surface area contributed by atoms with E-state index in [1.54, 1.807) is 6.92 Å². The molecule has 3 rings (SSSR count). The molecule has 118 valence electrons. The third-order valence-electron chi connectivity index (χ3n) is 3.44. The van der Waals surface area contributed by atoms with E-state index < -0.39 is 5.60 Å². The van der Waals surface area contributed by atoms with Crippen LogP contribution in [0, 0.1) is 0 Å². The molecule has 23 heavy (non-hydrogen) atoms. The lowest BCUT2D eigenvalue weighted by atomic mass is 9.99. The summed E-state index contributed by atoms with van der Waals surface area (Å²) in [7, 11) is 0. The van der Waals surface area contributed by atoms with Crippen molar-refractivity contribution in [1.82, 2.24) is 10.3 Å². The number of aromatic nitrogens is 1. The maximum absolute atomic E-state index is 11.9. The third kappa shape index (κ3) is 3.67. The number of amides is 1. The van der Waals surface area contributed by atoms with E-state index in [2.05, 4.69) is 10.3 Å². The first-order chi connectivity index (χ1) is 11.0. The molecule has 1 aromatic carbocycles. The number of nitrogens with zero attached hydrogens (tertiary/aromatic N) is 1. The van der Waals surface area contributed by atoms with Gasteiger partial charge in [0.1, 0.15) is 11.1 Å². The van der Waals surface area contributed by atoms with Crippen LogP contribution in [0.5, 0.6) is 0 Å². The van der Waals surface area contributed by atoms with Crippen molar-refractivity contribution in [3.05, 3.63) is 58.6 Å². The third-order valence-corrected chi connectivity index (χ3v) is 4.12. The number of oxazole rings is 1. The highest BCUT2D eigenvalue weighted by Crippen LogP contribution is 2.22. The highest BCUT2D eigenvalue weighted by atomic mass is 32.1. The van der Waals surface area contributed by atoms with E-state index in [4.69, 9.17) is 4.42 Å². The van der Waals surface area contributed by atoms with Gasteiger partial charge in [0.25, 0.3) is 0 Å². The fourth-order valence-corrected chi connectivity index (χ4v) is 2.88. The average Bonchev–Trinajstić information content (AvgIpc) is 3.20. The molecular formula is C17H16N2O3S. The Kier molecular flexibility index (Phi) is 4.27. The lowest BCUT2D eigenvalue weighted by Gasteiger charge is -2.22. The Morgan fingerprint density at radius 3 is 3.00 bits per heavy atom. The van der Waals surface area contributed by atoms with E-state index in [0.29, 0.717) is 11.5 Å². The Bertz CT molecular complexity index is 802. The van der Waals surface area contributed by atoms with Gasteiger partial charge in [0.2, 0.25) is 11.8 Å². The number of thiophene rings is 1. The maximum Gasteiger partial charge on any atom is 0.244 e. The number of carbonyl (C=O) groups is 1. The Morgan fingerprint density at radius 2 is 2.26 bits per heavy atom. The van der Waals surface area contributed by atoms with Crippen LogP contribution < -0.4 is 5.32 Å².